The highest BCUT2D eigenvalue weighted by molar-refractivity contribution is 7.51. The van der Waals surface area contributed by atoms with E-state index in [0.717, 1.165) is 12.8 Å². The summed E-state index contributed by atoms with van der Waals surface area (Å²) in [6.07, 6.45) is 4.42. The summed E-state index contributed by atoms with van der Waals surface area (Å²) in [5.74, 6) is 0. The first kappa shape index (κ1) is 10.2. The van der Waals surface area contributed by atoms with Crippen LogP contribution in [-0.2, 0) is 4.57 Å². The molecule has 0 aromatic carbocycles. The van der Waals surface area contributed by atoms with Gasteiger partial charge < -0.3 is 9.79 Å². The minimum absolute atomic E-state index is 0.00694. The molecule has 0 aliphatic rings. The molecule has 0 bridgehead atoms. The zero-order valence-electron chi connectivity index (χ0n) is 6.16. The summed E-state index contributed by atoms with van der Waals surface area (Å²) < 4.78 is 10.3. The van der Waals surface area contributed by atoms with E-state index in [9.17, 15) is 4.57 Å². The van der Waals surface area contributed by atoms with Crippen LogP contribution in [0.15, 0.2) is 0 Å². The monoisotopic (exact) mass is 165 g/mol. The Kier molecular flexibility index (Phi) is 4.96. The van der Waals surface area contributed by atoms with Crippen LogP contribution in [0, 0.1) is 6.42 Å². The van der Waals surface area contributed by atoms with Crippen molar-refractivity contribution in [3.05, 3.63) is 6.42 Å². The largest absolute Gasteiger partial charge is 0.325 e. The smallest absolute Gasteiger partial charge is 0.324 e. The number of rotatable bonds is 5. The van der Waals surface area contributed by atoms with Crippen molar-refractivity contribution in [1.82, 2.24) is 0 Å². The first-order chi connectivity index (χ1) is 4.56. The first-order valence-corrected chi connectivity index (χ1v) is 5.22. The topological polar surface area (TPSA) is 57.5 Å². The highest BCUT2D eigenvalue weighted by Crippen LogP contribution is 2.35. The summed E-state index contributed by atoms with van der Waals surface area (Å²) in [5.41, 5.74) is 0. The van der Waals surface area contributed by atoms with E-state index in [1.54, 1.807) is 0 Å². The molecular formula is C6H14O3P. The predicted octanol–water partition coefficient (Wildman–Crippen LogP) is 1.56. The van der Waals surface area contributed by atoms with Crippen LogP contribution in [0.5, 0.6) is 0 Å². The summed E-state index contributed by atoms with van der Waals surface area (Å²) in [4.78, 5) is 16.8. The van der Waals surface area contributed by atoms with E-state index < -0.39 is 7.60 Å². The van der Waals surface area contributed by atoms with Gasteiger partial charge in [0.05, 0.1) is 6.16 Å². The third kappa shape index (κ3) is 8.15. The van der Waals surface area contributed by atoms with Gasteiger partial charge in [0.25, 0.3) is 0 Å². The van der Waals surface area contributed by atoms with E-state index in [2.05, 4.69) is 0 Å². The van der Waals surface area contributed by atoms with E-state index in [1.807, 2.05) is 13.3 Å². The highest BCUT2D eigenvalue weighted by atomic mass is 31.2. The lowest BCUT2D eigenvalue weighted by atomic mass is 10.2. The molecule has 0 aromatic heterocycles. The molecule has 0 unspecified atom stereocenters. The third-order valence-electron chi connectivity index (χ3n) is 1.12. The standard InChI is InChI=1S/C6H14O3P/c1-2-3-4-5-6-10(7,8)9/h4H,2-3,5-6H2,1H3,(H2,7,8,9). The molecule has 0 fully saturated rings. The van der Waals surface area contributed by atoms with E-state index in [4.69, 9.17) is 9.79 Å². The Labute approximate surface area is 61.6 Å². The Hall–Kier alpha value is 0.150. The average Bonchev–Trinajstić information content (AvgIpc) is 1.78. The number of hydrogen-bond donors (Lipinski definition) is 2. The van der Waals surface area contributed by atoms with Gasteiger partial charge in [-0.2, -0.15) is 0 Å². The Morgan fingerprint density at radius 3 is 2.40 bits per heavy atom. The fraction of sp³-hybridized carbons (Fsp3) is 0.833. The normalized spacial score (nSPS) is 11.9. The molecule has 10 heavy (non-hydrogen) atoms. The molecule has 61 valence electrons. The molecule has 2 N–H and O–H groups in total. The summed E-state index contributed by atoms with van der Waals surface area (Å²) in [7, 11) is -3.74. The lowest BCUT2D eigenvalue weighted by Crippen LogP contribution is -1.87. The molecule has 0 aliphatic heterocycles. The molecule has 1 radical (unpaired) electrons. The molecule has 0 atom stereocenters. The van der Waals surface area contributed by atoms with Crippen molar-refractivity contribution in [3.63, 3.8) is 0 Å². The zero-order valence-corrected chi connectivity index (χ0v) is 7.05. The Morgan fingerprint density at radius 1 is 1.40 bits per heavy atom. The van der Waals surface area contributed by atoms with Crippen molar-refractivity contribution in [3.8, 4) is 0 Å². The zero-order chi connectivity index (χ0) is 8.04. The van der Waals surface area contributed by atoms with Crippen molar-refractivity contribution in [2.75, 3.05) is 6.16 Å². The molecule has 0 saturated heterocycles. The third-order valence-corrected chi connectivity index (χ3v) is 1.96. The van der Waals surface area contributed by atoms with Crippen LogP contribution in [0.3, 0.4) is 0 Å². The van der Waals surface area contributed by atoms with Crippen LogP contribution < -0.4 is 0 Å². The second kappa shape index (κ2) is 4.89. The second-order valence-electron chi connectivity index (χ2n) is 2.25. The average molecular weight is 165 g/mol. The van der Waals surface area contributed by atoms with Gasteiger partial charge >= 0.3 is 7.60 Å². The molecule has 0 rings (SSSR count). The number of hydrogen-bond acceptors (Lipinski definition) is 1. The molecule has 0 amide bonds. The molecule has 0 heterocycles. The fourth-order valence-corrected chi connectivity index (χ4v) is 1.13. The van der Waals surface area contributed by atoms with Gasteiger partial charge in [0.1, 0.15) is 0 Å². The van der Waals surface area contributed by atoms with Gasteiger partial charge in [0.15, 0.2) is 0 Å². The van der Waals surface area contributed by atoms with Crippen molar-refractivity contribution < 1.29 is 14.4 Å². The van der Waals surface area contributed by atoms with Crippen LogP contribution in [0.25, 0.3) is 0 Å². The van der Waals surface area contributed by atoms with Gasteiger partial charge in [-0.3, -0.25) is 4.57 Å². The molecule has 0 spiro atoms. The summed E-state index contributed by atoms with van der Waals surface area (Å²) in [6.45, 7) is 2.04. The van der Waals surface area contributed by atoms with Gasteiger partial charge in [-0.05, 0) is 12.8 Å². The Morgan fingerprint density at radius 2 is 2.00 bits per heavy atom. The van der Waals surface area contributed by atoms with Gasteiger partial charge in [-0.1, -0.05) is 19.8 Å². The minimum atomic E-state index is -3.74. The van der Waals surface area contributed by atoms with Gasteiger partial charge in [0, 0.05) is 0 Å². The van der Waals surface area contributed by atoms with Crippen LogP contribution in [0.2, 0.25) is 0 Å². The predicted molar refractivity (Wildman–Crippen MR) is 40.7 cm³/mol. The van der Waals surface area contributed by atoms with Crippen molar-refractivity contribution >= 4 is 7.60 Å². The van der Waals surface area contributed by atoms with Crippen molar-refractivity contribution in [2.24, 2.45) is 0 Å². The lowest BCUT2D eigenvalue weighted by molar-refractivity contribution is 0.372. The molecule has 0 aromatic rings. The quantitative estimate of drug-likeness (QED) is 0.480. The van der Waals surface area contributed by atoms with Crippen LogP contribution in [0.4, 0.5) is 0 Å². The fourth-order valence-electron chi connectivity index (χ4n) is 0.608. The molecule has 3 nitrogen and oxygen atoms in total. The SMILES string of the molecule is CCC[CH]CCP(=O)(O)O. The molecule has 0 aliphatic carbocycles. The van der Waals surface area contributed by atoms with Crippen LogP contribution in [-0.4, -0.2) is 15.9 Å². The van der Waals surface area contributed by atoms with Gasteiger partial charge in [-0.15, -0.1) is 0 Å². The second-order valence-corrected chi connectivity index (χ2v) is 4.03. The molecule has 4 heteroatoms. The van der Waals surface area contributed by atoms with E-state index in [1.165, 1.54) is 0 Å². The maximum absolute atomic E-state index is 10.3. The lowest BCUT2D eigenvalue weighted by Gasteiger charge is -2.01. The minimum Gasteiger partial charge on any atom is -0.324 e. The first-order valence-electron chi connectivity index (χ1n) is 3.42. The van der Waals surface area contributed by atoms with E-state index in [-0.39, 0.29) is 6.16 Å². The summed E-state index contributed by atoms with van der Waals surface area (Å²) >= 11 is 0. The maximum atomic E-state index is 10.3. The van der Waals surface area contributed by atoms with Crippen molar-refractivity contribution in [2.45, 2.75) is 26.2 Å². The summed E-state index contributed by atoms with van der Waals surface area (Å²) in [6, 6.07) is 0. The van der Waals surface area contributed by atoms with Crippen LogP contribution in [0.1, 0.15) is 26.2 Å². The van der Waals surface area contributed by atoms with Crippen molar-refractivity contribution in [1.29, 1.82) is 0 Å². The van der Waals surface area contributed by atoms with Gasteiger partial charge in [-0.25, -0.2) is 0 Å². The molecular weight excluding hydrogens is 151 g/mol. The maximum Gasteiger partial charge on any atom is 0.325 e. The van der Waals surface area contributed by atoms with E-state index in [0.29, 0.717) is 6.42 Å². The van der Waals surface area contributed by atoms with Gasteiger partial charge in [0.2, 0.25) is 0 Å². The van der Waals surface area contributed by atoms with E-state index >= 15 is 0 Å². The Bertz CT molecular complexity index is 118. The van der Waals surface area contributed by atoms with Crippen LogP contribution >= 0.6 is 7.60 Å². The number of unbranched alkanes of at least 4 members (excludes halogenated alkanes) is 3. The summed E-state index contributed by atoms with van der Waals surface area (Å²) in [5, 5.41) is 0. The highest BCUT2D eigenvalue weighted by Gasteiger charge is 2.10. The Balaban J connectivity index is 3.13. The molecule has 0 saturated carbocycles.